The Morgan fingerprint density at radius 3 is 1.86 bits per heavy atom. The van der Waals surface area contributed by atoms with Crippen LogP contribution in [0, 0.1) is 12.4 Å². The van der Waals surface area contributed by atoms with Gasteiger partial charge in [0.2, 0.25) is 20.0 Å². The molecule has 7 rings (SSSR count). The Hall–Kier alpha value is -4.94. The van der Waals surface area contributed by atoms with Gasteiger partial charge in [-0.15, -0.1) is 0 Å². The third-order valence-electron chi connectivity index (χ3n) is 8.91. The maximum Gasteiger partial charge on any atom is 0.255 e. The van der Waals surface area contributed by atoms with Gasteiger partial charge in [-0.1, -0.05) is 48.5 Å². The second-order valence-electron chi connectivity index (χ2n) is 12.6. The fraction of sp³-hybridized carbons (Fsp3) is 0.250. The summed E-state index contributed by atoms with van der Waals surface area (Å²) in [5.74, 6) is -1.46. The smallest absolute Gasteiger partial charge is 0.255 e. The topological polar surface area (TPSA) is 141 Å². The average Bonchev–Trinajstić information content (AvgIpc) is 3.03. The zero-order chi connectivity index (χ0) is 35.8. The Kier molecular flexibility index (Phi) is 9.36. The standard InChI is InChI=1S/C26H24FN3O4S.C10H10N2O2S/c1-26(2,16-8-10-17(11-9-16)35(33,34)30-12-5-13-30)29-25(32)19-15-23-20(14-21(19)27)24(31)18-6-3-4-7-22(18)28-23;1-11-9-3-5-10(6-4-9)15(13,14)12-7-2-8-12/h3-4,6-11,14-15H,5,12-13H2,1-2H3,(H,28,31)(H,29,32);3-6H,2,7-8H2. The fourth-order valence-electron chi connectivity index (χ4n) is 5.63. The van der Waals surface area contributed by atoms with Crippen LogP contribution in [0.4, 0.5) is 10.1 Å². The molecule has 0 aliphatic carbocycles. The number of hydrogen-bond acceptors (Lipinski definition) is 6. The lowest BCUT2D eigenvalue weighted by Gasteiger charge is -2.30. The Balaban J connectivity index is 0.000000240. The minimum Gasteiger partial charge on any atom is -0.354 e. The predicted molar refractivity (Wildman–Crippen MR) is 188 cm³/mol. The summed E-state index contributed by atoms with van der Waals surface area (Å²) in [4.78, 5) is 32.6. The van der Waals surface area contributed by atoms with E-state index in [1.165, 1.54) is 51.1 Å². The van der Waals surface area contributed by atoms with Gasteiger partial charge in [-0.05, 0) is 68.7 Å². The number of pyridine rings is 1. The van der Waals surface area contributed by atoms with Gasteiger partial charge in [0.05, 0.1) is 33.0 Å². The van der Waals surface area contributed by atoms with Crippen molar-refractivity contribution >= 4 is 53.4 Å². The molecular weight excluding hydrogens is 682 g/mol. The summed E-state index contributed by atoms with van der Waals surface area (Å²) in [5, 5.41) is 3.42. The van der Waals surface area contributed by atoms with Gasteiger partial charge in [0, 0.05) is 42.5 Å². The van der Waals surface area contributed by atoms with E-state index in [2.05, 4.69) is 15.1 Å². The number of hydrogen-bond donors (Lipinski definition) is 2. The number of halogens is 1. The lowest BCUT2D eigenvalue weighted by atomic mass is 9.93. The Labute approximate surface area is 289 Å². The molecule has 0 atom stereocenters. The molecule has 2 aliphatic rings. The van der Waals surface area contributed by atoms with Crippen LogP contribution in [0.3, 0.4) is 0 Å². The molecule has 2 N–H and O–H groups in total. The first kappa shape index (κ1) is 34.9. The Morgan fingerprint density at radius 2 is 1.34 bits per heavy atom. The van der Waals surface area contributed by atoms with Gasteiger partial charge in [0.15, 0.2) is 11.1 Å². The highest BCUT2D eigenvalue weighted by Gasteiger charge is 2.31. The van der Waals surface area contributed by atoms with Crippen molar-refractivity contribution in [1.82, 2.24) is 18.9 Å². The lowest BCUT2D eigenvalue weighted by molar-refractivity contribution is 0.0908. The van der Waals surface area contributed by atoms with Gasteiger partial charge >= 0.3 is 0 Å². The van der Waals surface area contributed by atoms with Crippen LogP contribution in [0.25, 0.3) is 26.7 Å². The van der Waals surface area contributed by atoms with Crippen molar-refractivity contribution in [3.8, 4) is 0 Å². The number of nitrogens with zero attached hydrogens (tertiary/aromatic N) is 3. The third kappa shape index (κ3) is 6.65. The summed E-state index contributed by atoms with van der Waals surface area (Å²) in [6.07, 6.45) is 1.78. The van der Waals surface area contributed by atoms with Crippen molar-refractivity contribution in [1.29, 1.82) is 0 Å². The summed E-state index contributed by atoms with van der Waals surface area (Å²) < 4.78 is 66.7. The van der Waals surface area contributed by atoms with Crippen LogP contribution < -0.4 is 10.7 Å². The number of para-hydroxylation sites is 1. The van der Waals surface area contributed by atoms with Crippen LogP contribution in [0.15, 0.2) is 99.5 Å². The molecule has 14 heteroatoms. The number of sulfonamides is 2. The van der Waals surface area contributed by atoms with Crippen LogP contribution in [-0.2, 0) is 25.6 Å². The Morgan fingerprint density at radius 1 is 0.800 bits per heavy atom. The van der Waals surface area contributed by atoms with Gasteiger partial charge in [0.1, 0.15) is 5.82 Å². The molecule has 258 valence electrons. The monoisotopic (exact) mass is 715 g/mol. The molecule has 0 saturated carbocycles. The molecule has 50 heavy (non-hydrogen) atoms. The molecule has 2 saturated heterocycles. The first-order chi connectivity index (χ1) is 23.7. The molecular formula is C36H34FN5O6S2. The van der Waals surface area contributed by atoms with Gasteiger partial charge in [-0.25, -0.2) is 26.1 Å². The highest BCUT2D eigenvalue weighted by Crippen LogP contribution is 2.27. The number of H-pyrrole nitrogens is 1. The predicted octanol–water partition coefficient (Wildman–Crippen LogP) is 5.51. The normalized spacial score (nSPS) is 15.3. The van der Waals surface area contributed by atoms with Crippen molar-refractivity contribution in [3.63, 3.8) is 0 Å². The van der Waals surface area contributed by atoms with Crippen molar-refractivity contribution in [2.75, 3.05) is 26.2 Å². The molecule has 0 radical (unpaired) electrons. The number of carbonyl (C=O) groups is 1. The molecule has 2 fully saturated rings. The molecule has 1 amide bonds. The van der Waals surface area contributed by atoms with Gasteiger partial charge < -0.3 is 10.3 Å². The summed E-state index contributed by atoms with van der Waals surface area (Å²) in [7, 11) is -6.81. The van der Waals surface area contributed by atoms with E-state index in [-0.39, 0.29) is 26.2 Å². The largest absolute Gasteiger partial charge is 0.354 e. The van der Waals surface area contributed by atoms with Crippen LogP contribution in [0.5, 0.6) is 0 Å². The van der Waals surface area contributed by atoms with E-state index in [1.54, 1.807) is 50.2 Å². The lowest BCUT2D eigenvalue weighted by Crippen LogP contribution is -2.42. The molecule has 2 aliphatic heterocycles. The second-order valence-corrected chi connectivity index (χ2v) is 16.5. The number of fused-ring (bicyclic) bond motifs is 2. The third-order valence-corrected chi connectivity index (χ3v) is 12.7. The fourth-order valence-corrected chi connectivity index (χ4v) is 8.67. The van der Waals surface area contributed by atoms with E-state index < -0.39 is 37.3 Å². The van der Waals surface area contributed by atoms with E-state index in [0.717, 1.165) is 18.9 Å². The van der Waals surface area contributed by atoms with E-state index in [0.29, 0.717) is 53.8 Å². The van der Waals surface area contributed by atoms with E-state index in [9.17, 15) is 30.8 Å². The molecule has 0 bridgehead atoms. The van der Waals surface area contributed by atoms with Gasteiger partial charge in [-0.3, -0.25) is 9.59 Å². The zero-order valence-corrected chi connectivity index (χ0v) is 28.9. The molecule has 0 spiro atoms. The zero-order valence-electron chi connectivity index (χ0n) is 27.3. The average molecular weight is 716 g/mol. The first-order valence-electron chi connectivity index (χ1n) is 15.9. The van der Waals surface area contributed by atoms with Crippen molar-refractivity contribution in [2.24, 2.45) is 0 Å². The molecule has 1 aromatic heterocycles. The molecule has 4 aromatic carbocycles. The number of benzene rings is 4. The maximum absolute atomic E-state index is 14.9. The van der Waals surface area contributed by atoms with Crippen LogP contribution in [0.1, 0.15) is 42.6 Å². The summed E-state index contributed by atoms with van der Waals surface area (Å²) >= 11 is 0. The number of aromatic amines is 1. The van der Waals surface area contributed by atoms with Gasteiger partial charge in [0.25, 0.3) is 5.91 Å². The van der Waals surface area contributed by atoms with E-state index in [1.807, 2.05) is 0 Å². The van der Waals surface area contributed by atoms with Crippen LogP contribution >= 0.6 is 0 Å². The number of amides is 1. The minimum absolute atomic E-state index is 0.163. The van der Waals surface area contributed by atoms with Crippen molar-refractivity contribution in [3.05, 3.63) is 124 Å². The Bertz CT molecular complexity index is 2430. The summed E-state index contributed by atoms with van der Waals surface area (Å²) in [5.41, 5.74) is 0.637. The number of rotatable bonds is 7. The quantitative estimate of drug-likeness (QED) is 0.168. The molecule has 11 nitrogen and oxygen atoms in total. The van der Waals surface area contributed by atoms with Crippen molar-refractivity contribution in [2.45, 2.75) is 42.0 Å². The van der Waals surface area contributed by atoms with Crippen molar-refractivity contribution < 1.29 is 26.0 Å². The van der Waals surface area contributed by atoms with Crippen LogP contribution in [0.2, 0.25) is 0 Å². The molecule has 0 unspecified atom stereocenters. The summed E-state index contributed by atoms with van der Waals surface area (Å²) in [6, 6.07) is 21.7. The molecule has 5 aromatic rings. The van der Waals surface area contributed by atoms with Crippen LogP contribution in [-0.4, -0.2) is 62.5 Å². The minimum atomic E-state index is -3.51. The highest BCUT2D eigenvalue weighted by molar-refractivity contribution is 7.89. The highest BCUT2D eigenvalue weighted by atomic mass is 32.2. The first-order valence-corrected chi connectivity index (χ1v) is 18.8. The van der Waals surface area contributed by atoms with Gasteiger partial charge in [-0.2, -0.15) is 8.61 Å². The SMILES string of the molecule is CC(C)(NC(=O)c1cc2[nH]c3ccccc3c(=O)c2cc1F)c1ccc(S(=O)(=O)N2CCC2)cc1.[C-]#[N+]c1ccc(S(=O)(=O)N2CCC2)cc1. The molecule has 3 heterocycles. The second kappa shape index (κ2) is 13.4. The maximum atomic E-state index is 14.9. The van der Waals surface area contributed by atoms with E-state index in [4.69, 9.17) is 6.57 Å². The number of aromatic nitrogens is 1. The number of carbonyl (C=O) groups excluding carboxylic acids is 1. The van der Waals surface area contributed by atoms with E-state index >= 15 is 0 Å². The summed E-state index contributed by atoms with van der Waals surface area (Å²) in [6.45, 7) is 12.5. The number of nitrogens with one attached hydrogen (secondary N) is 2.